The summed E-state index contributed by atoms with van der Waals surface area (Å²) in [6, 6.07) is -0.452. The van der Waals surface area contributed by atoms with E-state index < -0.39 is 12.0 Å². The number of hydrogen-bond acceptors (Lipinski definition) is 4. The quantitative estimate of drug-likeness (QED) is 0.790. The van der Waals surface area contributed by atoms with Gasteiger partial charge in [0.05, 0.1) is 10.7 Å². The maximum atomic E-state index is 10.8. The Labute approximate surface area is 91.3 Å². The molecule has 1 fully saturated rings. The van der Waals surface area contributed by atoms with Crippen LogP contribution in [0.25, 0.3) is 0 Å². The summed E-state index contributed by atoms with van der Waals surface area (Å²) in [6.07, 6.45) is 3.04. The van der Waals surface area contributed by atoms with Crippen molar-refractivity contribution in [3.8, 4) is 0 Å². The number of carbonyl (C=O) groups is 1. The van der Waals surface area contributed by atoms with Gasteiger partial charge in [0.1, 0.15) is 6.04 Å². The van der Waals surface area contributed by atoms with Crippen LogP contribution < -0.4 is 5.32 Å². The lowest BCUT2D eigenvalue weighted by atomic mass is 10.1. The molecule has 1 aromatic rings. The molecule has 0 bridgehead atoms. The van der Waals surface area contributed by atoms with Gasteiger partial charge in [0.2, 0.25) is 0 Å². The van der Waals surface area contributed by atoms with E-state index in [1.807, 2.05) is 0 Å². The van der Waals surface area contributed by atoms with Gasteiger partial charge in [-0.3, -0.25) is 10.1 Å². The molecular weight excluding hydrogens is 212 g/mol. The summed E-state index contributed by atoms with van der Waals surface area (Å²) in [5, 5.41) is 13.1. The van der Waals surface area contributed by atoms with Crippen molar-refractivity contribution in [1.82, 2.24) is 10.3 Å². The Kier molecular flexibility index (Phi) is 2.03. The predicted octanol–water partition coefficient (Wildman–Crippen LogP) is 1.12. The van der Waals surface area contributed by atoms with Crippen LogP contribution in [-0.2, 0) is 17.8 Å². The van der Waals surface area contributed by atoms with Crippen molar-refractivity contribution in [3.05, 3.63) is 15.6 Å². The fraction of sp³-hybridized carbons (Fsp3) is 0.600. The van der Waals surface area contributed by atoms with Crippen LogP contribution in [0.15, 0.2) is 0 Å². The largest absolute Gasteiger partial charge is 0.480 e. The molecule has 2 aliphatic rings. The lowest BCUT2D eigenvalue weighted by Gasteiger charge is -2.18. The third-order valence-electron chi connectivity index (χ3n) is 2.93. The Morgan fingerprint density at radius 3 is 3.00 bits per heavy atom. The molecule has 1 atom stereocenters. The van der Waals surface area contributed by atoms with Crippen molar-refractivity contribution in [2.45, 2.75) is 37.8 Å². The Hall–Kier alpha value is -0.940. The van der Waals surface area contributed by atoms with Crippen molar-refractivity contribution in [2.75, 3.05) is 0 Å². The van der Waals surface area contributed by atoms with Gasteiger partial charge in [0.25, 0.3) is 0 Å². The van der Waals surface area contributed by atoms with E-state index in [2.05, 4.69) is 10.3 Å². The third-order valence-corrected chi connectivity index (χ3v) is 4.19. The van der Waals surface area contributed by atoms with E-state index in [1.165, 1.54) is 22.7 Å². The molecule has 4 nitrogen and oxygen atoms in total. The summed E-state index contributed by atoms with van der Waals surface area (Å²) in [4.78, 5) is 16.6. The van der Waals surface area contributed by atoms with Gasteiger partial charge in [-0.05, 0) is 12.8 Å². The van der Waals surface area contributed by atoms with Crippen LogP contribution in [0, 0.1) is 0 Å². The number of carboxylic acids is 1. The number of thiazole rings is 1. The van der Waals surface area contributed by atoms with Crippen LogP contribution in [0.2, 0.25) is 0 Å². The van der Waals surface area contributed by atoms with Crippen molar-refractivity contribution in [1.29, 1.82) is 0 Å². The first-order valence-electron chi connectivity index (χ1n) is 5.18. The minimum atomic E-state index is -0.776. The van der Waals surface area contributed by atoms with E-state index in [1.54, 1.807) is 11.3 Å². The highest BCUT2D eigenvalue weighted by atomic mass is 32.1. The molecule has 0 saturated heterocycles. The second-order valence-electron chi connectivity index (χ2n) is 4.17. The van der Waals surface area contributed by atoms with Crippen molar-refractivity contribution < 1.29 is 9.90 Å². The summed E-state index contributed by atoms with van der Waals surface area (Å²) in [6.45, 7) is 0.663. The number of nitrogens with zero attached hydrogens (tertiary/aromatic N) is 1. The molecule has 15 heavy (non-hydrogen) atoms. The highest BCUT2D eigenvalue weighted by Gasteiger charge is 2.31. The standard InChI is InChI=1S/C10H12N2O2S/c13-10(14)7-3-6-8(4-11-7)15-9(12-6)5-1-2-5/h5,7,11H,1-4H2,(H,13,14). The fourth-order valence-electron chi connectivity index (χ4n) is 1.86. The average molecular weight is 224 g/mol. The minimum absolute atomic E-state index is 0.452. The molecule has 1 aliphatic carbocycles. The molecule has 80 valence electrons. The van der Waals surface area contributed by atoms with Gasteiger partial charge >= 0.3 is 5.97 Å². The number of aromatic nitrogens is 1. The summed E-state index contributed by atoms with van der Waals surface area (Å²) < 4.78 is 0. The van der Waals surface area contributed by atoms with Gasteiger partial charge in [-0.1, -0.05) is 0 Å². The number of carboxylic acid groups (broad SMARTS) is 1. The molecule has 1 saturated carbocycles. The van der Waals surface area contributed by atoms with Crippen LogP contribution in [0.5, 0.6) is 0 Å². The van der Waals surface area contributed by atoms with Gasteiger partial charge in [0.15, 0.2) is 0 Å². The zero-order valence-electron chi connectivity index (χ0n) is 8.19. The number of rotatable bonds is 2. The molecule has 0 spiro atoms. The molecule has 0 radical (unpaired) electrons. The predicted molar refractivity (Wildman–Crippen MR) is 56.1 cm³/mol. The highest BCUT2D eigenvalue weighted by Crippen LogP contribution is 2.43. The van der Waals surface area contributed by atoms with E-state index >= 15 is 0 Å². The molecule has 1 aromatic heterocycles. The number of nitrogens with one attached hydrogen (secondary N) is 1. The maximum absolute atomic E-state index is 10.8. The van der Waals surface area contributed by atoms with Gasteiger partial charge in [-0.2, -0.15) is 0 Å². The number of fused-ring (bicyclic) bond motifs is 1. The molecule has 2 N–H and O–H groups in total. The van der Waals surface area contributed by atoms with Crippen LogP contribution in [-0.4, -0.2) is 22.1 Å². The first kappa shape index (κ1) is 9.30. The molecular formula is C10H12N2O2S. The van der Waals surface area contributed by atoms with Crippen LogP contribution >= 0.6 is 11.3 Å². The van der Waals surface area contributed by atoms with Gasteiger partial charge in [-0.15, -0.1) is 11.3 Å². The minimum Gasteiger partial charge on any atom is -0.480 e. The Morgan fingerprint density at radius 1 is 1.53 bits per heavy atom. The molecule has 1 aliphatic heterocycles. The first-order valence-corrected chi connectivity index (χ1v) is 6.00. The van der Waals surface area contributed by atoms with Crippen LogP contribution in [0.1, 0.15) is 34.3 Å². The average Bonchev–Trinajstić information content (AvgIpc) is 2.97. The third kappa shape index (κ3) is 1.66. The second-order valence-corrected chi connectivity index (χ2v) is 5.29. The van der Waals surface area contributed by atoms with Crippen molar-refractivity contribution in [3.63, 3.8) is 0 Å². The zero-order valence-corrected chi connectivity index (χ0v) is 9.01. The Bertz CT molecular complexity index is 412. The topological polar surface area (TPSA) is 62.2 Å². The van der Waals surface area contributed by atoms with Crippen molar-refractivity contribution in [2.24, 2.45) is 0 Å². The Balaban J connectivity index is 1.85. The van der Waals surface area contributed by atoms with Crippen molar-refractivity contribution >= 4 is 17.3 Å². The zero-order chi connectivity index (χ0) is 10.4. The van der Waals surface area contributed by atoms with E-state index in [4.69, 9.17) is 5.11 Å². The number of hydrogen-bond donors (Lipinski definition) is 2. The van der Waals surface area contributed by atoms with Gasteiger partial charge < -0.3 is 5.11 Å². The number of aliphatic carboxylic acids is 1. The summed E-state index contributed by atoms with van der Waals surface area (Å²) in [5.74, 6) is -0.106. The summed E-state index contributed by atoms with van der Waals surface area (Å²) in [7, 11) is 0. The first-order chi connectivity index (χ1) is 7.24. The molecule has 5 heteroatoms. The Morgan fingerprint density at radius 2 is 2.33 bits per heavy atom. The van der Waals surface area contributed by atoms with Crippen LogP contribution in [0.4, 0.5) is 0 Å². The normalized spacial score (nSPS) is 24.9. The smallest absolute Gasteiger partial charge is 0.321 e. The van der Waals surface area contributed by atoms with E-state index in [-0.39, 0.29) is 0 Å². The van der Waals surface area contributed by atoms with E-state index in [0.29, 0.717) is 18.9 Å². The van der Waals surface area contributed by atoms with E-state index in [0.717, 1.165) is 5.69 Å². The SMILES string of the molecule is O=C(O)C1Cc2nc(C3CC3)sc2CN1. The summed E-state index contributed by atoms with van der Waals surface area (Å²) in [5.41, 5.74) is 1.01. The molecule has 1 unspecified atom stereocenters. The lowest BCUT2D eigenvalue weighted by Crippen LogP contribution is -2.41. The maximum Gasteiger partial charge on any atom is 0.321 e. The molecule has 0 aromatic carbocycles. The molecule has 0 amide bonds. The molecule has 2 heterocycles. The van der Waals surface area contributed by atoms with Crippen LogP contribution in [0.3, 0.4) is 0 Å². The van der Waals surface area contributed by atoms with E-state index in [9.17, 15) is 4.79 Å². The second kappa shape index (κ2) is 3.28. The fourth-order valence-corrected chi connectivity index (χ4v) is 3.07. The summed E-state index contributed by atoms with van der Waals surface area (Å²) >= 11 is 1.75. The van der Waals surface area contributed by atoms with Gasteiger partial charge in [0, 0.05) is 23.8 Å². The highest BCUT2D eigenvalue weighted by molar-refractivity contribution is 7.11. The monoisotopic (exact) mass is 224 g/mol. The molecule has 3 rings (SSSR count). The lowest BCUT2D eigenvalue weighted by molar-refractivity contribution is -0.139. The van der Waals surface area contributed by atoms with Gasteiger partial charge in [-0.25, -0.2) is 4.98 Å².